The average molecular weight is 214 g/mol. The van der Waals surface area contributed by atoms with E-state index in [1.807, 2.05) is 16.8 Å². The highest BCUT2D eigenvalue weighted by Gasteiger charge is 1.98. The Morgan fingerprint density at radius 2 is 2.38 bits per heavy atom. The molecular formula is C9H14N2S2. The van der Waals surface area contributed by atoms with Gasteiger partial charge in [-0.1, -0.05) is 13.8 Å². The third kappa shape index (κ3) is 4.24. The summed E-state index contributed by atoms with van der Waals surface area (Å²) < 4.78 is 0. The first-order valence-electron chi connectivity index (χ1n) is 4.25. The van der Waals surface area contributed by atoms with Gasteiger partial charge in [-0.25, -0.2) is 0 Å². The summed E-state index contributed by atoms with van der Waals surface area (Å²) in [5, 5.41) is 11.0. The minimum absolute atomic E-state index is 0.613. The Morgan fingerprint density at radius 1 is 1.62 bits per heavy atom. The van der Waals surface area contributed by atoms with Gasteiger partial charge in [-0.2, -0.15) is 11.3 Å². The van der Waals surface area contributed by atoms with Gasteiger partial charge >= 0.3 is 0 Å². The minimum Gasteiger partial charge on any atom is -0.362 e. The van der Waals surface area contributed by atoms with Gasteiger partial charge in [0.2, 0.25) is 0 Å². The molecule has 0 aliphatic heterocycles. The zero-order valence-corrected chi connectivity index (χ0v) is 9.47. The number of thiophene rings is 1. The summed E-state index contributed by atoms with van der Waals surface area (Å²) in [4.78, 5) is 0. The molecule has 0 aliphatic carbocycles. The molecule has 1 rings (SSSR count). The fourth-order valence-electron chi connectivity index (χ4n) is 0.808. The first kappa shape index (κ1) is 10.5. The number of rotatable bonds is 3. The molecule has 72 valence electrons. The lowest BCUT2D eigenvalue weighted by atomic mass is 10.2. The van der Waals surface area contributed by atoms with Gasteiger partial charge in [-0.3, -0.25) is 0 Å². The van der Waals surface area contributed by atoms with Crippen LogP contribution in [0.25, 0.3) is 0 Å². The van der Waals surface area contributed by atoms with Crippen LogP contribution >= 0.6 is 23.6 Å². The first-order valence-corrected chi connectivity index (χ1v) is 5.60. The van der Waals surface area contributed by atoms with Crippen molar-refractivity contribution in [3.8, 4) is 0 Å². The van der Waals surface area contributed by atoms with Crippen molar-refractivity contribution in [2.24, 2.45) is 5.92 Å². The van der Waals surface area contributed by atoms with Gasteiger partial charge in [-0.05, 0) is 29.6 Å². The summed E-state index contributed by atoms with van der Waals surface area (Å²) in [6.07, 6.45) is 0. The Morgan fingerprint density at radius 3 is 2.92 bits per heavy atom. The van der Waals surface area contributed by atoms with E-state index >= 15 is 0 Å². The maximum Gasteiger partial charge on any atom is 0.170 e. The molecule has 0 spiro atoms. The van der Waals surface area contributed by atoms with Crippen LogP contribution in [0.3, 0.4) is 0 Å². The molecule has 1 aromatic heterocycles. The Labute approximate surface area is 88.4 Å². The highest BCUT2D eigenvalue weighted by Crippen LogP contribution is 2.11. The molecule has 0 aromatic carbocycles. The van der Waals surface area contributed by atoms with E-state index in [1.165, 1.54) is 0 Å². The predicted octanol–water partition coefficient (Wildman–Crippen LogP) is 2.69. The van der Waals surface area contributed by atoms with Crippen LogP contribution in [-0.4, -0.2) is 11.7 Å². The molecule has 0 aliphatic rings. The van der Waals surface area contributed by atoms with Gasteiger partial charge in [0.05, 0.1) is 5.69 Å². The summed E-state index contributed by atoms with van der Waals surface area (Å²) in [5.74, 6) is 0.613. The topological polar surface area (TPSA) is 24.1 Å². The van der Waals surface area contributed by atoms with Gasteiger partial charge < -0.3 is 10.6 Å². The molecule has 1 aromatic rings. The summed E-state index contributed by atoms with van der Waals surface area (Å²) in [6, 6.07) is 2.01. The molecule has 0 atom stereocenters. The molecule has 0 unspecified atom stereocenters. The van der Waals surface area contributed by atoms with Crippen molar-refractivity contribution < 1.29 is 0 Å². The fourth-order valence-corrected chi connectivity index (χ4v) is 1.60. The highest BCUT2D eigenvalue weighted by atomic mass is 32.1. The number of hydrogen-bond donors (Lipinski definition) is 2. The number of hydrogen-bond acceptors (Lipinski definition) is 2. The van der Waals surface area contributed by atoms with Crippen LogP contribution in [0, 0.1) is 5.92 Å². The van der Waals surface area contributed by atoms with E-state index in [9.17, 15) is 0 Å². The van der Waals surface area contributed by atoms with Crippen molar-refractivity contribution in [3.63, 3.8) is 0 Å². The van der Waals surface area contributed by atoms with Crippen molar-refractivity contribution in [3.05, 3.63) is 16.8 Å². The van der Waals surface area contributed by atoms with E-state index in [4.69, 9.17) is 12.2 Å². The lowest BCUT2D eigenvalue weighted by Crippen LogP contribution is -2.31. The van der Waals surface area contributed by atoms with Crippen LogP contribution in [0.2, 0.25) is 0 Å². The second-order valence-electron chi connectivity index (χ2n) is 3.24. The molecule has 2 N–H and O–H groups in total. The van der Waals surface area contributed by atoms with Gasteiger partial charge in [0.25, 0.3) is 0 Å². The molecule has 13 heavy (non-hydrogen) atoms. The van der Waals surface area contributed by atoms with Crippen LogP contribution < -0.4 is 10.6 Å². The standard InChI is InChI=1S/C9H14N2S2/c1-7(2)5-10-9(12)11-8-3-4-13-6-8/h3-4,6-7H,5H2,1-2H3,(H2,10,11,12). The molecule has 0 saturated carbocycles. The molecule has 0 fully saturated rings. The predicted molar refractivity (Wildman–Crippen MR) is 63.4 cm³/mol. The second-order valence-corrected chi connectivity index (χ2v) is 4.43. The van der Waals surface area contributed by atoms with Crippen LogP contribution in [0.15, 0.2) is 16.8 Å². The van der Waals surface area contributed by atoms with Crippen molar-refractivity contribution >= 4 is 34.4 Å². The zero-order chi connectivity index (χ0) is 9.68. The second kappa shape index (κ2) is 5.19. The van der Waals surface area contributed by atoms with Gasteiger partial charge in [0.15, 0.2) is 5.11 Å². The molecule has 0 amide bonds. The van der Waals surface area contributed by atoms with E-state index < -0.39 is 0 Å². The molecule has 0 saturated heterocycles. The van der Waals surface area contributed by atoms with E-state index in [-0.39, 0.29) is 0 Å². The zero-order valence-electron chi connectivity index (χ0n) is 7.83. The maximum absolute atomic E-state index is 5.10. The van der Waals surface area contributed by atoms with Gasteiger partial charge in [0, 0.05) is 11.9 Å². The largest absolute Gasteiger partial charge is 0.362 e. The smallest absolute Gasteiger partial charge is 0.170 e. The van der Waals surface area contributed by atoms with Gasteiger partial charge in [0.1, 0.15) is 0 Å². The molecular weight excluding hydrogens is 200 g/mol. The number of thiocarbonyl (C=S) groups is 1. The fraction of sp³-hybridized carbons (Fsp3) is 0.444. The summed E-state index contributed by atoms with van der Waals surface area (Å²) in [5.41, 5.74) is 1.06. The average Bonchev–Trinajstić information content (AvgIpc) is 2.53. The lowest BCUT2D eigenvalue weighted by molar-refractivity contribution is 0.627. The summed E-state index contributed by atoms with van der Waals surface area (Å²) in [7, 11) is 0. The van der Waals surface area contributed by atoms with E-state index in [1.54, 1.807) is 11.3 Å². The van der Waals surface area contributed by atoms with Crippen molar-refractivity contribution in [2.75, 3.05) is 11.9 Å². The maximum atomic E-state index is 5.10. The SMILES string of the molecule is CC(C)CNC(=S)Nc1ccsc1. The Bertz CT molecular complexity index is 255. The number of anilines is 1. The van der Waals surface area contributed by atoms with Crippen molar-refractivity contribution in [1.82, 2.24) is 5.32 Å². The summed E-state index contributed by atoms with van der Waals surface area (Å²) >= 11 is 6.76. The van der Waals surface area contributed by atoms with Crippen LogP contribution in [0.5, 0.6) is 0 Å². The van der Waals surface area contributed by atoms with Crippen LogP contribution in [-0.2, 0) is 0 Å². The Balaban J connectivity index is 2.26. The minimum atomic E-state index is 0.613. The molecule has 0 bridgehead atoms. The highest BCUT2D eigenvalue weighted by molar-refractivity contribution is 7.80. The van der Waals surface area contributed by atoms with Crippen LogP contribution in [0.1, 0.15) is 13.8 Å². The monoisotopic (exact) mass is 214 g/mol. The summed E-state index contributed by atoms with van der Waals surface area (Å²) in [6.45, 7) is 5.22. The molecule has 4 heteroatoms. The lowest BCUT2D eigenvalue weighted by Gasteiger charge is -2.10. The Kier molecular flexibility index (Phi) is 4.18. The van der Waals surface area contributed by atoms with E-state index in [0.717, 1.165) is 12.2 Å². The van der Waals surface area contributed by atoms with E-state index in [0.29, 0.717) is 11.0 Å². The normalized spacial score (nSPS) is 10.1. The third-order valence-electron chi connectivity index (χ3n) is 1.45. The van der Waals surface area contributed by atoms with E-state index in [2.05, 4.69) is 24.5 Å². The molecule has 2 nitrogen and oxygen atoms in total. The Hall–Kier alpha value is -0.610. The number of nitrogens with one attached hydrogen (secondary N) is 2. The van der Waals surface area contributed by atoms with Gasteiger partial charge in [-0.15, -0.1) is 0 Å². The first-order chi connectivity index (χ1) is 6.18. The van der Waals surface area contributed by atoms with Crippen molar-refractivity contribution in [1.29, 1.82) is 0 Å². The molecule has 1 heterocycles. The van der Waals surface area contributed by atoms with Crippen LogP contribution in [0.4, 0.5) is 5.69 Å². The quantitative estimate of drug-likeness (QED) is 0.757. The van der Waals surface area contributed by atoms with Crippen molar-refractivity contribution in [2.45, 2.75) is 13.8 Å². The third-order valence-corrected chi connectivity index (χ3v) is 2.38. The molecule has 0 radical (unpaired) electrons.